The number of nitrogens with one attached hydrogen (secondary N) is 1. The van der Waals surface area contributed by atoms with Crippen molar-refractivity contribution < 1.29 is 22.7 Å². The number of halogens is 3. The van der Waals surface area contributed by atoms with Gasteiger partial charge in [-0.05, 0) is 12.1 Å². The number of nitrogens with zero attached hydrogens (tertiary/aromatic N) is 2. The summed E-state index contributed by atoms with van der Waals surface area (Å²) in [5, 5.41) is 4.56. The summed E-state index contributed by atoms with van der Waals surface area (Å²) in [5.74, 6) is -0.405. The average molecular weight is 369 g/mol. The number of hydrogen-bond donors (Lipinski definition) is 1. The van der Waals surface area contributed by atoms with Crippen LogP contribution in [-0.4, -0.2) is 34.7 Å². The Morgan fingerprint density at radius 2 is 2.04 bits per heavy atom. The van der Waals surface area contributed by atoms with Crippen LogP contribution in [0.5, 0.6) is 0 Å². The van der Waals surface area contributed by atoms with Crippen molar-refractivity contribution in [1.82, 2.24) is 9.38 Å². The Morgan fingerprint density at radius 3 is 2.72 bits per heavy atom. The summed E-state index contributed by atoms with van der Waals surface area (Å²) in [5.41, 5.74) is 2.29. The van der Waals surface area contributed by atoms with Crippen molar-refractivity contribution in [3.8, 4) is 11.3 Å². The highest BCUT2D eigenvalue weighted by Gasteiger charge is 2.27. The molecule has 2 aromatic heterocycles. The molecule has 1 aromatic carbocycles. The standard InChI is InChI=1S/C16H14F3N3O2S/c17-16(18,19)10-24-7-5-14(23)20-12-3-1-11(2-4-12)13-9-22-6-8-25-15(22)21-13/h1-4,6,8-9H,5,7,10H2,(H,20,23). The van der Waals surface area contributed by atoms with Gasteiger partial charge in [-0.15, -0.1) is 11.3 Å². The molecular formula is C16H14F3N3O2S. The average Bonchev–Trinajstić information content (AvgIpc) is 3.13. The van der Waals surface area contributed by atoms with Gasteiger partial charge in [0.05, 0.1) is 18.7 Å². The highest BCUT2D eigenvalue weighted by molar-refractivity contribution is 7.15. The van der Waals surface area contributed by atoms with Crippen LogP contribution < -0.4 is 5.32 Å². The van der Waals surface area contributed by atoms with Crippen LogP contribution in [0.25, 0.3) is 16.2 Å². The van der Waals surface area contributed by atoms with Crippen molar-refractivity contribution in [2.75, 3.05) is 18.5 Å². The number of imidazole rings is 1. The fraction of sp³-hybridized carbons (Fsp3) is 0.250. The summed E-state index contributed by atoms with van der Waals surface area (Å²) >= 11 is 1.54. The summed E-state index contributed by atoms with van der Waals surface area (Å²) in [6.45, 7) is -1.63. The lowest BCUT2D eigenvalue weighted by Crippen LogP contribution is -2.20. The predicted octanol–water partition coefficient (Wildman–Crippen LogP) is 3.97. The third-order valence-corrected chi connectivity index (χ3v) is 4.07. The Hall–Kier alpha value is -2.39. The van der Waals surface area contributed by atoms with Gasteiger partial charge in [-0.25, -0.2) is 4.98 Å². The fourth-order valence-electron chi connectivity index (χ4n) is 2.17. The molecule has 5 nitrogen and oxygen atoms in total. The van der Waals surface area contributed by atoms with E-state index in [-0.39, 0.29) is 13.0 Å². The number of thiazole rings is 1. The van der Waals surface area contributed by atoms with Crippen LogP contribution in [0.2, 0.25) is 0 Å². The van der Waals surface area contributed by atoms with Gasteiger partial charge in [0.2, 0.25) is 5.91 Å². The Kier molecular flexibility index (Phi) is 5.05. The monoisotopic (exact) mass is 369 g/mol. The van der Waals surface area contributed by atoms with E-state index in [2.05, 4.69) is 15.0 Å². The second-order valence-electron chi connectivity index (χ2n) is 5.26. The number of aromatic nitrogens is 2. The largest absolute Gasteiger partial charge is 0.411 e. The van der Waals surface area contributed by atoms with Gasteiger partial charge in [-0.3, -0.25) is 9.20 Å². The number of fused-ring (bicyclic) bond motifs is 1. The van der Waals surface area contributed by atoms with E-state index in [0.29, 0.717) is 5.69 Å². The van der Waals surface area contributed by atoms with Crippen molar-refractivity contribution >= 4 is 27.9 Å². The first-order valence-electron chi connectivity index (χ1n) is 7.38. The molecule has 1 amide bonds. The Morgan fingerprint density at radius 1 is 1.28 bits per heavy atom. The SMILES string of the molecule is O=C(CCOCC(F)(F)F)Nc1ccc(-c2cn3ccsc3n2)cc1. The second kappa shape index (κ2) is 7.24. The van der Waals surface area contributed by atoms with Gasteiger partial charge in [0.25, 0.3) is 0 Å². The van der Waals surface area contributed by atoms with E-state index >= 15 is 0 Å². The Bertz CT molecular complexity index is 827. The fourth-order valence-corrected chi connectivity index (χ4v) is 2.87. The van der Waals surface area contributed by atoms with Crippen molar-refractivity contribution in [3.63, 3.8) is 0 Å². The number of ether oxygens (including phenoxy) is 1. The first kappa shape index (κ1) is 17.4. The lowest BCUT2D eigenvalue weighted by molar-refractivity contribution is -0.174. The van der Waals surface area contributed by atoms with Crippen molar-refractivity contribution in [2.45, 2.75) is 12.6 Å². The maximum Gasteiger partial charge on any atom is 0.411 e. The minimum Gasteiger partial charge on any atom is -0.372 e. The Balaban J connectivity index is 1.52. The molecule has 0 atom stereocenters. The van der Waals surface area contributed by atoms with Crippen LogP contribution in [0.1, 0.15) is 6.42 Å². The third kappa shape index (κ3) is 4.80. The third-order valence-electron chi connectivity index (χ3n) is 3.30. The molecule has 0 aliphatic heterocycles. The quantitative estimate of drug-likeness (QED) is 0.669. The Labute approximate surface area is 145 Å². The number of carbonyl (C=O) groups excluding carboxylic acids is 1. The van der Waals surface area contributed by atoms with Crippen LogP contribution in [0, 0.1) is 0 Å². The van der Waals surface area contributed by atoms with Crippen molar-refractivity contribution in [1.29, 1.82) is 0 Å². The van der Waals surface area contributed by atoms with Gasteiger partial charge in [-0.1, -0.05) is 12.1 Å². The van der Waals surface area contributed by atoms with Crippen LogP contribution >= 0.6 is 11.3 Å². The normalized spacial score (nSPS) is 11.8. The molecule has 0 fully saturated rings. The maximum atomic E-state index is 11.9. The van der Waals surface area contributed by atoms with Crippen LogP contribution in [-0.2, 0) is 9.53 Å². The van der Waals surface area contributed by atoms with E-state index in [9.17, 15) is 18.0 Å². The lowest BCUT2D eigenvalue weighted by Gasteiger charge is -2.08. The molecule has 2 heterocycles. The van der Waals surface area contributed by atoms with Gasteiger partial charge in [0.15, 0.2) is 4.96 Å². The van der Waals surface area contributed by atoms with Crippen LogP contribution in [0.15, 0.2) is 42.0 Å². The molecule has 0 bridgehead atoms. The zero-order valence-corrected chi connectivity index (χ0v) is 13.7. The van der Waals surface area contributed by atoms with E-state index in [4.69, 9.17) is 0 Å². The minimum absolute atomic E-state index is 0.144. The number of hydrogen-bond acceptors (Lipinski definition) is 4. The molecule has 25 heavy (non-hydrogen) atoms. The lowest BCUT2D eigenvalue weighted by atomic mass is 10.1. The number of anilines is 1. The summed E-state index contributed by atoms with van der Waals surface area (Å²) in [7, 11) is 0. The molecule has 0 aliphatic carbocycles. The molecule has 0 spiro atoms. The van der Waals surface area contributed by atoms with Gasteiger partial charge in [-0.2, -0.15) is 13.2 Å². The number of benzene rings is 1. The van der Waals surface area contributed by atoms with Crippen molar-refractivity contribution in [2.24, 2.45) is 0 Å². The predicted molar refractivity (Wildman–Crippen MR) is 88.6 cm³/mol. The zero-order valence-electron chi connectivity index (χ0n) is 12.9. The molecule has 9 heteroatoms. The summed E-state index contributed by atoms with van der Waals surface area (Å²) < 4.78 is 42.1. The molecule has 0 radical (unpaired) electrons. The first-order valence-corrected chi connectivity index (χ1v) is 8.26. The minimum atomic E-state index is -4.38. The van der Waals surface area contributed by atoms with Gasteiger partial charge < -0.3 is 10.1 Å². The van der Waals surface area contributed by atoms with Gasteiger partial charge in [0, 0.05) is 29.0 Å². The molecular weight excluding hydrogens is 355 g/mol. The molecule has 132 valence electrons. The molecule has 3 aromatic rings. The number of amides is 1. The molecule has 0 saturated heterocycles. The number of carbonyl (C=O) groups is 1. The van der Waals surface area contributed by atoms with E-state index in [1.165, 1.54) is 11.3 Å². The molecule has 0 aliphatic rings. The summed E-state index contributed by atoms with van der Waals surface area (Å²) in [6, 6.07) is 7.08. The van der Waals surface area contributed by atoms with Gasteiger partial charge in [0.1, 0.15) is 6.61 Å². The smallest absolute Gasteiger partial charge is 0.372 e. The summed E-state index contributed by atoms with van der Waals surface area (Å²) in [4.78, 5) is 17.1. The molecule has 0 saturated carbocycles. The zero-order chi connectivity index (χ0) is 17.9. The summed E-state index contributed by atoms with van der Waals surface area (Å²) in [6.07, 6.45) is -0.688. The molecule has 0 unspecified atom stereocenters. The van der Waals surface area contributed by atoms with E-state index in [0.717, 1.165) is 16.2 Å². The van der Waals surface area contributed by atoms with E-state index < -0.39 is 18.7 Å². The highest BCUT2D eigenvalue weighted by atomic mass is 32.1. The number of rotatable bonds is 6. The first-order chi connectivity index (χ1) is 11.9. The van der Waals surface area contributed by atoms with Gasteiger partial charge >= 0.3 is 6.18 Å². The molecule has 1 N–H and O–H groups in total. The maximum absolute atomic E-state index is 11.9. The number of alkyl halides is 3. The van der Waals surface area contributed by atoms with E-state index in [1.807, 2.05) is 34.3 Å². The van der Waals surface area contributed by atoms with E-state index in [1.54, 1.807) is 12.1 Å². The van der Waals surface area contributed by atoms with Crippen molar-refractivity contribution in [3.05, 3.63) is 42.0 Å². The topological polar surface area (TPSA) is 55.6 Å². The molecule has 3 rings (SSSR count). The highest BCUT2D eigenvalue weighted by Crippen LogP contribution is 2.23. The van der Waals surface area contributed by atoms with Crippen LogP contribution in [0.3, 0.4) is 0 Å². The second-order valence-corrected chi connectivity index (χ2v) is 6.14. The van der Waals surface area contributed by atoms with Crippen LogP contribution in [0.4, 0.5) is 18.9 Å².